The molecular weight excluding hydrogens is 388 g/mol. The molecule has 2 aliphatic rings. The molecule has 1 aliphatic carbocycles. The van der Waals surface area contributed by atoms with E-state index in [2.05, 4.69) is 39.0 Å². The second-order valence-electron chi connectivity index (χ2n) is 6.74. The van der Waals surface area contributed by atoms with Crippen LogP contribution in [0, 0.1) is 0 Å². The smallest absolute Gasteiger partial charge is 0.243 e. The maximum atomic E-state index is 13.3. The van der Waals surface area contributed by atoms with Gasteiger partial charge in [-0.15, -0.1) is 0 Å². The zero-order valence-electron chi connectivity index (χ0n) is 13.8. The first-order valence-electron chi connectivity index (χ1n) is 8.40. The Labute approximate surface area is 151 Å². The molecule has 2 aromatic rings. The number of likely N-dealkylation sites (N-methyl/N-ethyl adjacent to an activating group) is 1. The summed E-state index contributed by atoms with van der Waals surface area (Å²) < 4.78 is 29.1. The van der Waals surface area contributed by atoms with Gasteiger partial charge >= 0.3 is 0 Å². The molecule has 128 valence electrons. The Bertz CT molecular complexity index is 903. The molecule has 0 N–H and O–H groups in total. The van der Waals surface area contributed by atoms with Crippen molar-refractivity contribution in [1.82, 2.24) is 9.21 Å². The third-order valence-corrected chi connectivity index (χ3v) is 7.84. The van der Waals surface area contributed by atoms with Crippen molar-refractivity contribution in [3.8, 4) is 0 Å². The monoisotopic (exact) mass is 408 g/mol. The number of halogens is 1. The predicted molar refractivity (Wildman–Crippen MR) is 99.9 cm³/mol. The van der Waals surface area contributed by atoms with Gasteiger partial charge in [-0.1, -0.05) is 34.1 Å². The van der Waals surface area contributed by atoms with Gasteiger partial charge in [-0.3, -0.25) is 0 Å². The highest BCUT2D eigenvalue weighted by atomic mass is 79.9. The van der Waals surface area contributed by atoms with Crippen molar-refractivity contribution in [2.75, 3.05) is 33.2 Å². The van der Waals surface area contributed by atoms with E-state index in [1.54, 1.807) is 4.31 Å². The lowest BCUT2D eigenvalue weighted by atomic mass is 9.89. The maximum absolute atomic E-state index is 13.3. The van der Waals surface area contributed by atoms with E-state index in [1.165, 1.54) is 5.56 Å². The molecule has 1 heterocycles. The quantitative estimate of drug-likeness (QED) is 0.766. The number of benzene rings is 2. The van der Waals surface area contributed by atoms with E-state index in [0.717, 1.165) is 53.2 Å². The van der Waals surface area contributed by atoms with Crippen molar-refractivity contribution >= 4 is 36.7 Å². The molecule has 1 fully saturated rings. The second-order valence-corrected chi connectivity index (χ2v) is 9.50. The van der Waals surface area contributed by atoms with E-state index in [9.17, 15) is 8.42 Å². The Morgan fingerprint density at radius 2 is 1.83 bits per heavy atom. The minimum atomic E-state index is -3.45. The Morgan fingerprint density at radius 3 is 2.58 bits per heavy atom. The van der Waals surface area contributed by atoms with Gasteiger partial charge in [0, 0.05) is 30.7 Å². The van der Waals surface area contributed by atoms with E-state index in [1.807, 2.05) is 13.1 Å². The predicted octanol–water partition coefficient (Wildman–Crippen LogP) is 3.03. The van der Waals surface area contributed by atoms with Crippen molar-refractivity contribution in [3.05, 3.63) is 39.9 Å². The van der Waals surface area contributed by atoms with Gasteiger partial charge in [0.15, 0.2) is 0 Å². The van der Waals surface area contributed by atoms with Crippen LogP contribution in [-0.2, 0) is 22.9 Å². The highest BCUT2D eigenvalue weighted by Gasteiger charge is 2.31. The number of hydrogen-bond donors (Lipinski definition) is 0. The van der Waals surface area contributed by atoms with Crippen LogP contribution < -0.4 is 0 Å². The molecule has 4 nitrogen and oxygen atoms in total. The van der Waals surface area contributed by atoms with Gasteiger partial charge < -0.3 is 4.90 Å². The highest BCUT2D eigenvalue weighted by Crippen LogP contribution is 2.39. The summed E-state index contributed by atoms with van der Waals surface area (Å²) in [6.07, 6.45) is 2.87. The molecule has 24 heavy (non-hydrogen) atoms. The van der Waals surface area contributed by atoms with Crippen LogP contribution in [0.3, 0.4) is 0 Å². The van der Waals surface area contributed by atoms with Crippen molar-refractivity contribution in [3.63, 3.8) is 0 Å². The number of nitrogens with zero attached hydrogens (tertiary/aromatic N) is 2. The third-order valence-electron chi connectivity index (χ3n) is 5.22. The summed E-state index contributed by atoms with van der Waals surface area (Å²) in [5, 5.41) is 2.27. The summed E-state index contributed by atoms with van der Waals surface area (Å²) >= 11 is 3.60. The number of rotatable bonds is 2. The number of aryl methyl sites for hydroxylation is 2. The first kappa shape index (κ1) is 16.5. The molecule has 6 heteroatoms. The first-order chi connectivity index (χ1) is 11.5. The third kappa shape index (κ3) is 2.60. The molecule has 0 bridgehead atoms. The average molecular weight is 409 g/mol. The summed E-state index contributed by atoms with van der Waals surface area (Å²) in [5.74, 6) is 0. The molecule has 2 aromatic carbocycles. The summed E-state index contributed by atoms with van der Waals surface area (Å²) in [5.41, 5.74) is 2.28. The SMILES string of the molecule is CN1CCN(S(=O)(=O)c2cc(Br)c3cccc4c3c2CCC4)CC1. The van der Waals surface area contributed by atoms with Crippen LogP contribution in [0.25, 0.3) is 10.8 Å². The molecule has 0 aromatic heterocycles. The van der Waals surface area contributed by atoms with Gasteiger partial charge in [0.2, 0.25) is 10.0 Å². The van der Waals surface area contributed by atoms with Crippen LogP contribution in [0.1, 0.15) is 17.5 Å². The molecule has 0 spiro atoms. The van der Waals surface area contributed by atoms with E-state index in [-0.39, 0.29) is 0 Å². The molecular formula is C18H21BrN2O2S. The zero-order chi connectivity index (χ0) is 16.9. The number of piperazine rings is 1. The van der Waals surface area contributed by atoms with Crippen LogP contribution in [0.2, 0.25) is 0 Å². The van der Waals surface area contributed by atoms with Gasteiger partial charge in [-0.05, 0) is 54.3 Å². The molecule has 0 radical (unpaired) electrons. The van der Waals surface area contributed by atoms with Crippen molar-refractivity contribution in [2.45, 2.75) is 24.2 Å². The number of sulfonamides is 1. The van der Waals surface area contributed by atoms with Crippen LogP contribution in [0.4, 0.5) is 0 Å². The fraction of sp³-hybridized carbons (Fsp3) is 0.444. The lowest BCUT2D eigenvalue weighted by molar-refractivity contribution is 0.222. The van der Waals surface area contributed by atoms with Gasteiger partial charge in [-0.25, -0.2) is 8.42 Å². The van der Waals surface area contributed by atoms with Crippen LogP contribution in [0.5, 0.6) is 0 Å². The minimum Gasteiger partial charge on any atom is -0.304 e. The molecule has 1 aliphatic heterocycles. The Hall–Kier alpha value is -0.950. The lowest BCUT2D eigenvalue weighted by Gasteiger charge is -2.32. The minimum absolute atomic E-state index is 0.499. The van der Waals surface area contributed by atoms with Gasteiger partial charge in [-0.2, -0.15) is 4.31 Å². The fourth-order valence-corrected chi connectivity index (χ4v) is 6.28. The first-order valence-corrected chi connectivity index (χ1v) is 10.6. The molecule has 1 saturated heterocycles. The van der Waals surface area contributed by atoms with Crippen molar-refractivity contribution in [1.29, 1.82) is 0 Å². The second kappa shape index (κ2) is 6.09. The van der Waals surface area contributed by atoms with E-state index >= 15 is 0 Å². The fourth-order valence-electron chi connectivity index (χ4n) is 3.87. The van der Waals surface area contributed by atoms with Crippen LogP contribution in [0.15, 0.2) is 33.6 Å². The molecule has 0 amide bonds. The highest BCUT2D eigenvalue weighted by molar-refractivity contribution is 9.10. The summed E-state index contributed by atoms with van der Waals surface area (Å²) in [6, 6.07) is 8.08. The topological polar surface area (TPSA) is 40.6 Å². The van der Waals surface area contributed by atoms with Crippen LogP contribution in [-0.4, -0.2) is 50.8 Å². The molecule has 4 rings (SSSR count). The Balaban J connectivity index is 1.90. The molecule has 0 saturated carbocycles. The molecule has 0 atom stereocenters. The lowest BCUT2D eigenvalue weighted by Crippen LogP contribution is -2.47. The Morgan fingerprint density at radius 1 is 1.08 bits per heavy atom. The standard InChI is InChI=1S/C18H21BrN2O2S/c1-20-8-10-21(11-9-20)24(22,23)17-12-16(19)14-6-2-4-13-5-3-7-15(17)18(13)14/h2,4,6,12H,3,5,7-11H2,1H3. The number of hydrogen-bond acceptors (Lipinski definition) is 3. The van der Waals surface area contributed by atoms with Crippen molar-refractivity contribution in [2.24, 2.45) is 0 Å². The zero-order valence-corrected chi connectivity index (χ0v) is 16.2. The normalized spacial score (nSPS) is 19.8. The van der Waals surface area contributed by atoms with Gasteiger partial charge in [0.25, 0.3) is 0 Å². The summed E-state index contributed by atoms with van der Waals surface area (Å²) in [7, 11) is -1.41. The largest absolute Gasteiger partial charge is 0.304 e. The summed E-state index contributed by atoms with van der Waals surface area (Å²) in [4.78, 5) is 2.67. The van der Waals surface area contributed by atoms with Gasteiger partial charge in [0.05, 0.1) is 4.90 Å². The van der Waals surface area contributed by atoms with Crippen molar-refractivity contribution < 1.29 is 8.42 Å². The summed E-state index contributed by atoms with van der Waals surface area (Å²) in [6.45, 7) is 2.70. The van der Waals surface area contributed by atoms with E-state index < -0.39 is 10.0 Å². The van der Waals surface area contributed by atoms with Crippen LogP contribution >= 0.6 is 15.9 Å². The van der Waals surface area contributed by atoms with E-state index in [0.29, 0.717) is 18.0 Å². The average Bonchev–Trinajstić information content (AvgIpc) is 2.58. The maximum Gasteiger partial charge on any atom is 0.243 e. The van der Waals surface area contributed by atoms with Gasteiger partial charge in [0.1, 0.15) is 0 Å². The Kier molecular flexibility index (Phi) is 4.19. The van der Waals surface area contributed by atoms with E-state index in [4.69, 9.17) is 0 Å². The molecule has 0 unspecified atom stereocenters.